The molecule has 2 aromatic heterocycles. The quantitative estimate of drug-likeness (QED) is 0.383. The first-order valence-corrected chi connectivity index (χ1v) is 12.7. The lowest BCUT2D eigenvalue weighted by molar-refractivity contribution is -0.149. The van der Waals surface area contributed by atoms with E-state index in [4.69, 9.17) is 13.9 Å². The zero-order valence-electron chi connectivity index (χ0n) is 20.4. The van der Waals surface area contributed by atoms with Crippen LogP contribution in [0.1, 0.15) is 43.0 Å². The normalized spacial score (nSPS) is 18.0. The van der Waals surface area contributed by atoms with Crippen LogP contribution in [0.4, 0.5) is 0 Å². The Morgan fingerprint density at radius 3 is 2.59 bits per heavy atom. The lowest BCUT2D eigenvalue weighted by Crippen LogP contribution is -2.51. The van der Waals surface area contributed by atoms with E-state index in [1.165, 1.54) is 0 Å². The van der Waals surface area contributed by atoms with Crippen LogP contribution in [0.15, 0.2) is 77.5 Å². The number of aromatic amines is 1. The third-order valence-corrected chi connectivity index (χ3v) is 7.15. The number of hydrogen-bond acceptors (Lipinski definition) is 5. The van der Waals surface area contributed by atoms with Gasteiger partial charge in [-0.1, -0.05) is 43.2 Å². The molecular formula is C29H29N3O5. The van der Waals surface area contributed by atoms with Crippen molar-refractivity contribution >= 4 is 22.7 Å². The summed E-state index contributed by atoms with van der Waals surface area (Å²) in [5.74, 6) is 1.11. The van der Waals surface area contributed by atoms with E-state index in [-0.39, 0.29) is 31.0 Å². The van der Waals surface area contributed by atoms with Gasteiger partial charge in [0.1, 0.15) is 18.4 Å². The molecule has 0 saturated heterocycles. The number of rotatable bonds is 7. The van der Waals surface area contributed by atoms with E-state index in [1.54, 1.807) is 35.4 Å². The molecule has 1 fully saturated rings. The Kier molecular flexibility index (Phi) is 6.30. The lowest BCUT2D eigenvalue weighted by Gasteiger charge is -2.35. The average molecular weight is 500 g/mol. The van der Waals surface area contributed by atoms with E-state index in [9.17, 15) is 9.59 Å². The Morgan fingerprint density at radius 2 is 1.78 bits per heavy atom. The molecule has 0 radical (unpaired) electrons. The van der Waals surface area contributed by atoms with Crippen molar-refractivity contribution in [2.24, 2.45) is 0 Å². The molecular weight excluding hydrogens is 470 g/mol. The number of hydrogen-bond donors (Lipinski definition) is 2. The molecule has 3 heterocycles. The number of nitrogens with zero attached hydrogens (tertiary/aromatic N) is 1. The Morgan fingerprint density at radius 1 is 1.00 bits per heavy atom. The second kappa shape index (κ2) is 10.0. The van der Waals surface area contributed by atoms with Crippen LogP contribution in [-0.2, 0) is 16.1 Å². The van der Waals surface area contributed by atoms with Crippen molar-refractivity contribution in [1.82, 2.24) is 15.2 Å². The maximum Gasteiger partial charge on any atom is 0.268 e. The predicted molar refractivity (Wildman–Crippen MR) is 137 cm³/mol. The SMILES string of the molecule is O=C(NC1CCCC1)[C@H](c1c[nH]c2ccccc12)N(Cc1ccco1)C(=O)[C@H]1COc2ccccc2O1. The van der Waals surface area contributed by atoms with E-state index in [0.717, 1.165) is 42.1 Å². The molecule has 2 atom stereocenters. The molecule has 2 aliphatic rings. The van der Waals surface area contributed by atoms with Gasteiger partial charge in [-0.2, -0.15) is 0 Å². The van der Waals surface area contributed by atoms with Crippen LogP contribution in [0.25, 0.3) is 10.9 Å². The second-order valence-corrected chi connectivity index (χ2v) is 9.59. The van der Waals surface area contributed by atoms with E-state index in [0.29, 0.717) is 17.3 Å². The van der Waals surface area contributed by atoms with Gasteiger partial charge in [-0.05, 0) is 43.2 Å². The molecule has 2 aromatic carbocycles. The van der Waals surface area contributed by atoms with Crippen molar-refractivity contribution in [2.75, 3.05) is 6.61 Å². The molecule has 2 N–H and O–H groups in total. The van der Waals surface area contributed by atoms with Crippen LogP contribution in [0.2, 0.25) is 0 Å². The van der Waals surface area contributed by atoms with E-state index >= 15 is 0 Å². The van der Waals surface area contributed by atoms with Gasteiger partial charge in [0.2, 0.25) is 12.0 Å². The van der Waals surface area contributed by atoms with Crippen molar-refractivity contribution in [3.63, 3.8) is 0 Å². The summed E-state index contributed by atoms with van der Waals surface area (Å²) in [5.41, 5.74) is 1.62. The zero-order chi connectivity index (χ0) is 25.2. The van der Waals surface area contributed by atoms with Crippen molar-refractivity contribution in [2.45, 2.75) is 50.4 Å². The highest BCUT2D eigenvalue weighted by Gasteiger charge is 2.40. The van der Waals surface area contributed by atoms with Gasteiger partial charge < -0.3 is 29.1 Å². The fourth-order valence-corrected chi connectivity index (χ4v) is 5.31. The van der Waals surface area contributed by atoms with Gasteiger partial charge in [-0.3, -0.25) is 9.59 Å². The summed E-state index contributed by atoms with van der Waals surface area (Å²) >= 11 is 0. The maximum absolute atomic E-state index is 14.1. The Bertz CT molecular complexity index is 1390. The third-order valence-electron chi connectivity index (χ3n) is 7.15. The number of benzene rings is 2. The largest absolute Gasteiger partial charge is 0.485 e. The standard InChI is InChI=1S/C29H29N3O5/c33-28(31-19-8-1-2-9-19)27(22-16-30-23-12-4-3-11-21(22)23)32(17-20-10-7-15-35-20)29(34)26-18-36-24-13-5-6-14-25(24)37-26/h3-7,10-16,19,26-27,30H,1-2,8-9,17-18H2,(H,31,33)/t26-,27+/m1/s1. The molecule has 1 aliphatic carbocycles. The topological polar surface area (TPSA) is 96.8 Å². The number of nitrogens with one attached hydrogen (secondary N) is 2. The maximum atomic E-state index is 14.1. The molecule has 190 valence electrons. The van der Waals surface area contributed by atoms with Crippen molar-refractivity contribution < 1.29 is 23.5 Å². The highest BCUT2D eigenvalue weighted by molar-refractivity contribution is 5.95. The van der Waals surface area contributed by atoms with E-state index in [2.05, 4.69) is 10.3 Å². The number of H-pyrrole nitrogens is 1. The van der Waals surface area contributed by atoms with Gasteiger partial charge in [0.05, 0.1) is 12.8 Å². The number of ether oxygens (including phenoxy) is 2. The van der Waals surface area contributed by atoms with Crippen molar-refractivity contribution in [3.05, 3.63) is 84.4 Å². The fraction of sp³-hybridized carbons (Fsp3) is 0.310. The third kappa shape index (κ3) is 4.67. The molecule has 1 aliphatic heterocycles. The number of carbonyl (C=O) groups is 2. The molecule has 0 unspecified atom stereocenters. The summed E-state index contributed by atoms with van der Waals surface area (Å²) in [7, 11) is 0. The van der Waals surface area contributed by atoms with Crippen LogP contribution in [0, 0.1) is 0 Å². The minimum Gasteiger partial charge on any atom is -0.485 e. The van der Waals surface area contributed by atoms with Crippen molar-refractivity contribution in [1.29, 1.82) is 0 Å². The molecule has 37 heavy (non-hydrogen) atoms. The van der Waals surface area contributed by atoms with Gasteiger partial charge in [0.25, 0.3) is 5.91 Å². The molecule has 2 amide bonds. The van der Waals surface area contributed by atoms with Crippen LogP contribution < -0.4 is 14.8 Å². The van der Waals surface area contributed by atoms with E-state index in [1.807, 2.05) is 42.6 Å². The highest BCUT2D eigenvalue weighted by Crippen LogP contribution is 2.35. The van der Waals surface area contributed by atoms with Gasteiger partial charge in [0, 0.05) is 28.7 Å². The molecule has 0 bridgehead atoms. The van der Waals surface area contributed by atoms with Gasteiger partial charge in [-0.15, -0.1) is 0 Å². The predicted octanol–water partition coefficient (Wildman–Crippen LogP) is 4.73. The number of aromatic nitrogens is 1. The second-order valence-electron chi connectivity index (χ2n) is 9.59. The minimum absolute atomic E-state index is 0.0509. The number of carbonyl (C=O) groups excluding carboxylic acids is 2. The summed E-state index contributed by atoms with van der Waals surface area (Å²) in [5, 5.41) is 4.10. The minimum atomic E-state index is -0.906. The number of amides is 2. The molecule has 8 heteroatoms. The first-order valence-electron chi connectivity index (χ1n) is 12.7. The van der Waals surface area contributed by atoms with Gasteiger partial charge in [0.15, 0.2) is 11.5 Å². The Labute approximate surface area is 214 Å². The molecule has 8 nitrogen and oxygen atoms in total. The molecule has 1 saturated carbocycles. The number of furan rings is 1. The highest BCUT2D eigenvalue weighted by atomic mass is 16.6. The van der Waals surface area contributed by atoms with Gasteiger partial charge in [-0.25, -0.2) is 0 Å². The van der Waals surface area contributed by atoms with Gasteiger partial charge >= 0.3 is 0 Å². The summed E-state index contributed by atoms with van der Waals surface area (Å²) in [6.07, 6.45) is 6.53. The average Bonchev–Trinajstić information content (AvgIpc) is 3.71. The van der Waals surface area contributed by atoms with Crippen LogP contribution in [0.5, 0.6) is 11.5 Å². The van der Waals surface area contributed by atoms with E-state index < -0.39 is 12.1 Å². The first-order chi connectivity index (χ1) is 18.2. The molecule has 6 rings (SSSR count). The van der Waals surface area contributed by atoms with Crippen LogP contribution in [-0.4, -0.2) is 40.5 Å². The Balaban J connectivity index is 1.39. The van der Waals surface area contributed by atoms with Crippen LogP contribution in [0.3, 0.4) is 0 Å². The summed E-state index contributed by atoms with van der Waals surface area (Å²) in [6.45, 7) is 0.158. The summed E-state index contributed by atoms with van der Waals surface area (Å²) < 4.78 is 17.5. The lowest BCUT2D eigenvalue weighted by atomic mass is 10.0. The Hall–Kier alpha value is -4.20. The summed E-state index contributed by atoms with van der Waals surface area (Å²) in [4.78, 5) is 32.9. The smallest absolute Gasteiger partial charge is 0.268 e. The molecule has 0 spiro atoms. The fourth-order valence-electron chi connectivity index (χ4n) is 5.31. The zero-order valence-corrected chi connectivity index (χ0v) is 20.4. The van der Waals surface area contributed by atoms with Crippen molar-refractivity contribution in [3.8, 4) is 11.5 Å². The summed E-state index contributed by atoms with van der Waals surface area (Å²) in [6, 6.07) is 17.8. The van der Waals surface area contributed by atoms with Crippen LogP contribution >= 0.6 is 0 Å². The monoisotopic (exact) mass is 499 g/mol. The molecule has 4 aromatic rings. The number of para-hydroxylation sites is 3. The first kappa shape index (κ1) is 23.2. The number of fused-ring (bicyclic) bond motifs is 2.